The molecule has 196 valence electrons. The number of para-hydroxylation sites is 1. The summed E-state index contributed by atoms with van der Waals surface area (Å²) >= 11 is 0. The third-order valence-corrected chi connectivity index (χ3v) is 8.27. The van der Waals surface area contributed by atoms with Gasteiger partial charge in [-0.15, -0.1) is 0 Å². The second kappa shape index (κ2) is 9.96. The minimum atomic E-state index is -3.43. The Morgan fingerprint density at radius 3 is 2.47 bits per heavy atom. The second-order valence-electron chi connectivity index (χ2n) is 11.3. The predicted molar refractivity (Wildman–Crippen MR) is 146 cm³/mol. The van der Waals surface area contributed by atoms with Crippen LogP contribution in [0.25, 0.3) is 0 Å². The van der Waals surface area contributed by atoms with Gasteiger partial charge in [0.2, 0.25) is 10.0 Å². The fourth-order valence-electron chi connectivity index (χ4n) is 5.51. The van der Waals surface area contributed by atoms with Crippen LogP contribution < -0.4 is 14.9 Å². The number of hydrogen-bond acceptors (Lipinski definition) is 5. The second-order valence-corrected chi connectivity index (χ2v) is 13.1. The molecule has 0 atom stereocenters. The van der Waals surface area contributed by atoms with Crippen LogP contribution in [0.3, 0.4) is 0 Å². The van der Waals surface area contributed by atoms with Gasteiger partial charge in [-0.1, -0.05) is 32.4 Å². The van der Waals surface area contributed by atoms with Crippen LogP contribution >= 0.6 is 0 Å². The van der Waals surface area contributed by atoms with E-state index in [1.165, 1.54) is 42.8 Å². The van der Waals surface area contributed by atoms with Gasteiger partial charge in [-0.05, 0) is 85.3 Å². The van der Waals surface area contributed by atoms with E-state index in [1.807, 2.05) is 13.8 Å². The van der Waals surface area contributed by atoms with Gasteiger partial charge in [-0.25, -0.2) is 8.42 Å². The predicted octanol–water partition coefficient (Wildman–Crippen LogP) is 4.54. The lowest BCUT2D eigenvalue weighted by Crippen LogP contribution is -2.36. The van der Waals surface area contributed by atoms with Crippen LogP contribution in [-0.4, -0.2) is 45.3 Å². The first kappa shape index (κ1) is 26.3. The Hall–Kier alpha value is -2.74. The number of phenolic OH excluding ortho intramolecular Hbond substituents is 1. The van der Waals surface area contributed by atoms with Crippen LogP contribution in [0, 0.1) is 25.2 Å². The highest BCUT2D eigenvalue weighted by Crippen LogP contribution is 2.44. The number of fused-ring (bicyclic) bond motifs is 1. The number of amides is 1. The first-order chi connectivity index (χ1) is 16.9. The number of benzene rings is 2. The van der Waals surface area contributed by atoms with Crippen LogP contribution in [0.15, 0.2) is 24.3 Å². The van der Waals surface area contributed by atoms with E-state index >= 15 is 0 Å². The van der Waals surface area contributed by atoms with E-state index in [1.54, 1.807) is 18.2 Å². The first-order valence-electron chi connectivity index (χ1n) is 12.8. The number of rotatable bonds is 9. The highest BCUT2D eigenvalue weighted by molar-refractivity contribution is 7.92. The van der Waals surface area contributed by atoms with E-state index in [9.17, 15) is 18.3 Å². The van der Waals surface area contributed by atoms with Crippen LogP contribution in [0.5, 0.6) is 5.75 Å². The zero-order valence-electron chi connectivity index (χ0n) is 22.1. The van der Waals surface area contributed by atoms with Gasteiger partial charge in [0.1, 0.15) is 5.75 Å². The fraction of sp³-hybridized carbons (Fsp3) is 0.536. The maximum atomic E-state index is 12.7. The van der Waals surface area contributed by atoms with Gasteiger partial charge in [-0.3, -0.25) is 9.52 Å². The van der Waals surface area contributed by atoms with Crippen molar-refractivity contribution >= 4 is 27.3 Å². The summed E-state index contributed by atoms with van der Waals surface area (Å²) in [7, 11) is -3.43. The highest BCUT2D eigenvalue weighted by atomic mass is 32.2. The molecule has 0 aromatic heterocycles. The lowest BCUT2D eigenvalue weighted by molar-refractivity contribution is 0.0933. The number of nitrogens with one attached hydrogen (secondary N) is 2. The number of nitrogens with zero attached hydrogens (tertiary/aromatic N) is 1. The molecular weight excluding hydrogens is 474 g/mol. The van der Waals surface area contributed by atoms with Crippen molar-refractivity contribution in [2.75, 3.05) is 35.5 Å². The Bertz CT molecular complexity index is 1270. The Balaban J connectivity index is 1.65. The third kappa shape index (κ3) is 5.64. The van der Waals surface area contributed by atoms with Crippen molar-refractivity contribution in [1.29, 1.82) is 0 Å². The van der Waals surface area contributed by atoms with Gasteiger partial charge in [0.05, 0.1) is 17.5 Å². The molecule has 3 N–H and O–H groups in total. The molecule has 2 aliphatic rings. The molecule has 36 heavy (non-hydrogen) atoms. The molecule has 2 aromatic rings. The minimum absolute atomic E-state index is 0.0388. The van der Waals surface area contributed by atoms with Crippen LogP contribution in [0.4, 0.5) is 11.4 Å². The monoisotopic (exact) mass is 513 g/mol. The average molecular weight is 514 g/mol. The minimum Gasteiger partial charge on any atom is -0.507 e. The van der Waals surface area contributed by atoms with Gasteiger partial charge < -0.3 is 15.3 Å². The quantitative estimate of drug-likeness (QED) is 0.457. The van der Waals surface area contributed by atoms with Gasteiger partial charge in [0.25, 0.3) is 5.91 Å². The Morgan fingerprint density at radius 2 is 1.86 bits per heavy atom. The van der Waals surface area contributed by atoms with Crippen molar-refractivity contribution < 1.29 is 18.3 Å². The molecule has 1 amide bonds. The molecule has 2 aromatic carbocycles. The lowest BCUT2D eigenvalue weighted by Gasteiger charge is -2.35. The molecule has 7 nitrogen and oxygen atoms in total. The summed E-state index contributed by atoms with van der Waals surface area (Å²) in [6.07, 6.45) is 6.64. The molecule has 1 saturated carbocycles. The molecule has 1 aliphatic carbocycles. The smallest absolute Gasteiger partial charge is 0.255 e. The van der Waals surface area contributed by atoms with Crippen LogP contribution in [0.2, 0.25) is 0 Å². The number of aromatic hydroxyl groups is 1. The zero-order chi connectivity index (χ0) is 26.3. The summed E-state index contributed by atoms with van der Waals surface area (Å²) < 4.78 is 27.2. The van der Waals surface area contributed by atoms with Gasteiger partial charge in [0.15, 0.2) is 0 Å². The molecule has 0 spiro atoms. The number of anilines is 2. The summed E-state index contributed by atoms with van der Waals surface area (Å²) in [6.45, 7) is 10.7. The topological polar surface area (TPSA) is 98.7 Å². The van der Waals surface area contributed by atoms with Crippen molar-refractivity contribution in [3.8, 4) is 5.75 Å². The summed E-state index contributed by atoms with van der Waals surface area (Å²) in [5, 5.41) is 13.0. The molecule has 4 rings (SSSR count). The van der Waals surface area contributed by atoms with E-state index in [2.05, 4.69) is 28.8 Å². The lowest BCUT2D eigenvalue weighted by atomic mass is 9.81. The summed E-state index contributed by atoms with van der Waals surface area (Å²) in [5.41, 5.74) is 6.25. The maximum Gasteiger partial charge on any atom is 0.255 e. The van der Waals surface area contributed by atoms with E-state index < -0.39 is 10.0 Å². The van der Waals surface area contributed by atoms with E-state index in [4.69, 9.17) is 0 Å². The number of phenols is 1. The Labute approximate surface area is 215 Å². The number of sulfonamides is 1. The van der Waals surface area contributed by atoms with E-state index in [-0.39, 0.29) is 22.6 Å². The van der Waals surface area contributed by atoms with Gasteiger partial charge in [-0.2, -0.15) is 0 Å². The fourth-order valence-corrected chi connectivity index (χ4v) is 6.19. The summed E-state index contributed by atoms with van der Waals surface area (Å²) in [4.78, 5) is 15.2. The molecule has 0 bridgehead atoms. The number of carbonyl (C=O) groups excluding carboxylic acids is 1. The summed E-state index contributed by atoms with van der Waals surface area (Å²) in [5.74, 6) is 0.380. The average Bonchev–Trinajstić information content (AvgIpc) is 3.19. The molecule has 1 heterocycles. The largest absolute Gasteiger partial charge is 0.507 e. The van der Waals surface area contributed by atoms with Crippen LogP contribution in [0.1, 0.15) is 65.7 Å². The van der Waals surface area contributed by atoms with Crippen LogP contribution in [-0.2, 0) is 22.9 Å². The molecule has 0 radical (unpaired) electrons. The summed E-state index contributed by atoms with van der Waals surface area (Å²) in [6, 6.07) is 6.53. The number of hydrogen-bond donors (Lipinski definition) is 3. The molecule has 1 fully saturated rings. The highest BCUT2D eigenvalue weighted by Gasteiger charge is 2.33. The molecule has 1 aliphatic heterocycles. The molecule has 0 saturated heterocycles. The normalized spacial score (nSPS) is 16.0. The standard InChI is InChI=1S/C28H39N3O4S/c1-18-21-13-14-31(16-20-9-8-10-20)26(21)23(19(2)25(18)30-36(5,34)35)15-28(3,4)17-29-27(33)22-11-6-7-12-24(22)32/h6-7,11-12,20,30,32H,8-10,13-17H2,1-5H3,(H,29,33). The van der Waals surface area contributed by atoms with E-state index in [0.29, 0.717) is 18.7 Å². The van der Waals surface area contributed by atoms with E-state index in [0.717, 1.165) is 42.1 Å². The molecule has 0 unspecified atom stereocenters. The third-order valence-electron chi connectivity index (χ3n) is 7.70. The van der Waals surface area contributed by atoms with Crippen molar-refractivity contribution in [2.45, 2.75) is 59.8 Å². The molecule has 8 heteroatoms. The Morgan fingerprint density at radius 1 is 1.17 bits per heavy atom. The molecular formula is C28H39N3O4S. The number of carbonyl (C=O) groups is 1. The maximum absolute atomic E-state index is 12.7. The SMILES string of the molecule is Cc1c2c(c(CC(C)(C)CNC(=O)c3ccccc3O)c(C)c1NS(C)(=O)=O)N(CC1CCC1)CC2. The van der Waals surface area contributed by atoms with Crippen molar-refractivity contribution in [3.63, 3.8) is 0 Å². The van der Waals surface area contributed by atoms with Crippen molar-refractivity contribution in [1.82, 2.24) is 5.32 Å². The zero-order valence-corrected chi connectivity index (χ0v) is 22.9. The van der Waals surface area contributed by atoms with Gasteiger partial charge >= 0.3 is 0 Å². The van der Waals surface area contributed by atoms with Crippen molar-refractivity contribution in [2.24, 2.45) is 11.3 Å². The van der Waals surface area contributed by atoms with Gasteiger partial charge in [0, 0.05) is 25.3 Å². The van der Waals surface area contributed by atoms with Crippen molar-refractivity contribution in [3.05, 3.63) is 52.1 Å². The first-order valence-corrected chi connectivity index (χ1v) is 14.7. The Kier molecular flexibility index (Phi) is 7.28.